The van der Waals surface area contributed by atoms with E-state index in [0.717, 1.165) is 24.7 Å². The average molecular weight is 366 g/mol. The van der Waals surface area contributed by atoms with Crippen molar-refractivity contribution in [2.45, 2.75) is 25.9 Å². The summed E-state index contributed by atoms with van der Waals surface area (Å²) < 4.78 is 4.18. The van der Waals surface area contributed by atoms with Crippen LogP contribution in [0.15, 0.2) is 60.7 Å². The highest BCUT2D eigenvalue weighted by molar-refractivity contribution is 7.71. The lowest BCUT2D eigenvalue weighted by atomic mass is 9.90. The first-order valence-corrected chi connectivity index (χ1v) is 9.55. The number of piperidine rings is 1. The Hall–Kier alpha value is -2.31. The molecular formula is C20H23N5S. The second kappa shape index (κ2) is 7.93. The standard InChI is InChI=1S/C20H23N5S/c26-20-24(21-22-25(20)19-9-5-2-6-10-19)16-23-13-11-18(12-14-23)15-17-7-3-1-4-8-17/h1-10,18H,11-16H2. The lowest BCUT2D eigenvalue weighted by Crippen LogP contribution is -2.36. The molecule has 5 nitrogen and oxygen atoms in total. The molecule has 1 aromatic heterocycles. The Morgan fingerprint density at radius 1 is 0.885 bits per heavy atom. The molecule has 0 saturated carbocycles. The SMILES string of the molecule is S=c1n(CN2CCC(Cc3ccccc3)CC2)nnn1-c1ccccc1. The van der Waals surface area contributed by atoms with E-state index in [4.69, 9.17) is 12.2 Å². The Morgan fingerprint density at radius 2 is 1.54 bits per heavy atom. The van der Waals surface area contributed by atoms with Crippen molar-refractivity contribution in [2.75, 3.05) is 13.1 Å². The zero-order valence-electron chi connectivity index (χ0n) is 14.7. The third-order valence-electron chi connectivity index (χ3n) is 5.05. The van der Waals surface area contributed by atoms with Crippen LogP contribution >= 0.6 is 12.2 Å². The zero-order valence-corrected chi connectivity index (χ0v) is 15.6. The normalized spacial score (nSPS) is 16.0. The van der Waals surface area contributed by atoms with Crippen molar-refractivity contribution >= 4 is 12.2 Å². The van der Waals surface area contributed by atoms with Gasteiger partial charge in [0.05, 0.1) is 12.4 Å². The maximum Gasteiger partial charge on any atom is 0.221 e. The highest BCUT2D eigenvalue weighted by Crippen LogP contribution is 2.22. The second-order valence-corrected chi connectivity index (χ2v) is 7.27. The lowest BCUT2D eigenvalue weighted by molar-refractivity contribution is 0.139. The van der Waals surface area contributed by atoms with Crippen molar-refractivity contribution in [3.8, 4) is 5.69 Å². The van der Waals surface area contributed by atoms with Gasteiger partial charge in [0.15, 0.2) is 0 Å². The molecule has 0 unspecified atom stereocenters. The van der Waals surface area contributed by atoms with E-state index in [1.807, 2.05) is 35.0 Å². The van der Waals surface area contributed by atoms with Gasteiger partial charge in [-0.15, -0.1) is 0 Å². The van der Waals surface area contributed by atoms with Crippen LogP contribution in [-0.4, -0.2) is 37.8 Å². The predicted octanol–water partition coefficient (Wildman–Crippen LogP) is 3.71. The van der Waals surface area contributed by atoms with E-state index in [-0.39, 0.29) is 0 Å². The van der Waals surface area contributed by atoms with Gasteiger partial charge in [0, 0.05) is 13.1 Å². The molecule has 0 N–H and O–H groups in total. The number of benzene rings is 2. The molecule has 1 aliphatic rings. The fraction of sp³-hybridized carbons (Fsp3) is 0.350. The van der Waals surface area contributed by atoms with E-state index in [9.17, 15) is 0 Å². The molecule has 0 aliphatic carbocycles. The van der Waals surface area contributed by atoms with Gasteiger partial charge in [-0.05, 0) is 65.5 Å². The molecule has 0 amide bonds. The number of nitrogens with zero attached hydrogens (tertiary/aromatic N) is 5. The third-order valence-corrected chi connectivity index (χ3v) is 5.43. The predicted molar refractivity (Wildman–Crippen MR) is 105 cm³/mol. The molecule has 2 aromatic carbocycles. The lowest BCUT2D eigenvalue weighted by Gasteiger charge is -2.31. The van der Waals surface area contributed by atoms with E-state index in [0.29, 0.717) is 11.4 Å². The molecule has 6 heteroatoms. The van der Waals surface area contributed by atoms with Crippen LogP contribution in [0.3, 0.4) is 0 Å². The smallest absolute Gasteiger partial charge is 0.221 e. The molecule has 2 heterocycles. The number of para-hydroxylation sites is 1. The summed E-state index contributed by atoms with van der Waals surface area (Å²) in [6.45, 7) is 2.87. The maximum atomic E-state index is 5.56. The minimum absolute atomic E-state index is 0.641. The van der Waals surface area contributed by atoms with Crippen molar-refractivity contribution in [1.82, 2.24) is 24.7 Å². The summed E-state index contributed by atoms with van der Waals surface area (Å²) >= 11 is 5.56. The van der Waals surface area contributed by atoms with E-state index in [2.05, 4.69) is 45.7 Å². The van der Waals surface area contributed by atoms with Gasteiger partial charge in [-0.1, -0.05) is 48.5 Å². The summed E-state index contributed by atoms with van der Waals surface area (Å²) in [5.74, 6) is 0.765. The van der Waals surface area contributed by atoms with Gasteiger partial charge >= 0.3 is 0 Å². The highest BCUT2D eigenvalue weighted by Gasteiger charge is 2.20. The van der Waals surface area contributed by atoms with Crippen LogP contribution in [0.25, 0.3) is 5.69 Å². The topological polar surface area (TPSA) is 38.9 Å². The molecule has 1 aliphatic heterocycles. The van der Waals surface area contributed by atoms with Crippen LogP contribution < -0.4 is 0 Å². The number of hydrogen-bond donors (Lipinski definition) is 0. The summed E-state index contributed by atoms with van der Waals surface area (Å²) in [6.07, 6.45) is 3.61. The summed E-state index contributed by atoms with van der Waals surface area (Å²) in [7, 11) is 0. The molecule has 1 saturated heterocycles. The van der Waals surface area contributed by atoms with Gasteiger partial charge in [-0.3, -0.25) is 4.90 Å². The van der Waals surface area contributed by atoms with E-state index in [1.165, 1.54) is 24.8 Å². The van der Waals surface area contributed by atoms with Gasteiger partial charge in [-0.2, -0.15) is 4.68 Å². The Kier molecular flexibility index (Phi) is 5.22. The minimum atomic E-state index is 0.641. The van der Waals surface area contributed by atoms with E-state index >= 15 is 0 Å². The van der Waals surface area contributed by atoms with Crippen LogP contribution in [-0.2, 0) is 13.1 Å². The molecule has 26 heavy (non-hydrogen) atoms. The molecule has 1 fully saturated rings. The molecule has 0 atom stereocenters. The van der Waals surface area contributed by atoms with Gasteiger partial charge in [-0.25, -0.2) is 4.68 Å². The second-order valence-electron chi connectivity index (χ2n) is 6.90. The summed E-state index contributed by atoms with van der Waals surface area (Å²) in [4.78, 5) is 2.42. The van der Waals surface area contributed by atoms with Crippen molar-refractivity contribution < 1.29 is 0 Å². The number of tetrazole rings is 1. The number of likely N-dealkylation sites (tertiary alicyclic amines) is 1. The quantitative estimate of drug-likeness (QED) is 0.646. The van der Waals surface area contributed by atoms with Crippen LogP contribution in [0.4, 0.5) is 0 Å². The third kappa shape index (κ3) is 3.92. The van der Waals surface area contributed by atoms with Gasteiger partial charge in [0.2, 0.25) is 4.77 Å². The first kappa shape index (κ1) is 17.1. The number of aromatic nitrogens is 4. The fourth-order valence-electron chi connectivity index (χ4n) is 3.56. The molecule has 3 aromatic rings. The Bertz CT molecular complexity index is 879. The first-order chi connectivity index (χ1) is 12.8. The Balaban J connectivity index is 1.35. The summed E-state index contributed by atoms with van der Waals surface area (Å²) in [5, 5.41) is 8.48. The monoisotopic (exact) mass is 365 g/mol. The summed E-state index contributed by atoms with van der Waals surface area (Å²) in [5.41, 5.74) is 2.39. The largest absolute Gasteiger partial charge is 0.284 e. The van der Waals surface area contributed by atoms with Crippen molar-refractivity contribution in [3.05, 3.63) is 71.0 Å². The first-order valence-electron chi connectivity index (χ1n) is 9.14. The van der Waals surface area contributed by atoms with Gasteiger partial charge < -0.3 is 0 Å². The van der Waals surface area contributed by atoms with Crippen molar-refractivity contribution in [3.63, 3.8) is 0 Å². The van der Waals surface area contributed by atoms with Crippen LogP contribution in [0, 0.1) is 10.7 Å². The molecule has 134 valence electrons. The Labute approximate surface area is 158 Å². The minimum Gasteiger partial charge on any atom is -0.284 e. The Morgan fingerprint density at radius 3 is 2.23 bits per heavy atom. The molecular weight excluding hydrogens is 342 g/mol. The average Bonchev–Trinajstić information content (AvgIpc) is 3.05. The van der Waals surface area contributed by atoms with Crippen LogP contribution in [0.2, 0.25) is 0 Å². The van der Waals surface area contributed by atoms with Gasteiger partial charge in [0.1, 0.15) is 0 Å². The molecule has 0 bridgehead atoms. The number of rotatable bonds is 5. The fourth-order valence-corrected chi connectivity index (χ4v) is 3.80. The zero-order chi connectivity index (χ0) is 17.8. The maximum absolute atomic E-state index is 5.56. The van der Waals surface area contributed by atoms with Crippen LogP contribution in [0.1, 0.15) is 18.4 Å². The van der Waals surface area contributed by atoms with Gasteiger partial charge in [0.25, 0.3) is 0 Å². The van der Waals surface area contributed by atoms with Crippen molar-refractivity contribution in [1.29, 1.82) is 0 Å². The molecule has 0 radical (unpaired) electrons. The molecule has 4 rings (SSSR count). The summed E-state index contributed by atoms with van der Waals surface area (Å²) in [6, 6.07) is 20.7. The van der Waals surface area contributed by atoms with E-state index < -0.39 is 0 Å². The highest BCUT2D eigenvalue weighted by atomic mass is 32.1. The van der Waals surface area contributed by atoms with Crippen molar-refractivity contribution in [2.24, 2.45) is 5.92 Å². The van der Waals surface area contributed by atoms with E-state index in [1.54, 1.807) is 4.68 Å². The molecule has 0 spiro atoms. The van der Waals surface area contributed by atoms with Crippen LogP contribution in [0.5, 0.6) is 0 Å². The number of hydrogen-bond acceptors (Lipinski definition) is 4.